The van der Waals surface area contributed by atoms with Gasteiger partial charge in [-0.1, -0.05) is 28.1 Å². The van der Waals surface area contributed by atoms with E-state index in [1.165, 1.54) is 4.31 Å². The number of nitrogens with zero attached hydrogens (tertiary/aromatic N) is 1. The smallest absolute Gasteiger partial charge is 0.407 e. The van der Waals surface area contributed by atoms with Crippen molar-refractivity contribution in [2.24, 2.45) is 0 Å². The van der Waals surface area contributed by atoms with Gasteiger partial charge in [0.25, 0.3) is 0 Å². The molecule has 8 heteroatoms. The summed E-state index contributed by atoms with van der Waals surface area (Å²) in [7, 11) is -3.55. The largest absolute Gasteiger partial charge is 0.444 e. The summed E-state index contributed by atoms with van der Waals surface area (Å²) in [4.78, 5) is 12.1. The SMILES string of the molecule is CC(C)(C)OC(=O)N[C@H]1CCN(S(=O)(=O)c2cccc(CBr)c2)C1. The summed E-state index contributed by atoms with van der Waals surface area (Å²) >= 11 is 3.33. The average molecular weight is 419 g/mol. The Bertz CT molecular complexity index is 700. The molecule has 0 bridgehead atoms. The van der Waals surface area contributed by atoms with Crippen molar-refractivity contribution in [2.45, 2.75) is 49.1 Å². The quantitative estimate of drug-likeness (QED) is 0.762. The highest BCUT2D eigenvalue weighted by Crippen LogP contribution is 2.23. The van der Waals surface area contributed by atoms with E-state index in [2.05, 4.69) is 21.2 Å². The van der Waals surface area contributed by atoms with Crippen LogP contribution < -0.4 is 5.32 Å². The summed E-state index contributed by atoms with van der Waals surface area (Å²) in [6.45, 7) is 5.99. The molecular formula is C16H23BrN2O4S. The van der Waals surface area contributed by atoms with Crippen molar-refractivity contribution in [2.75, 3.05) is 13.1 Å². The summed E-state index contributed by atoms with van der Waals surface area (Å²) in [6, 6.07) is 6.61. The number of hydrogen-bond acceptors (Lipinski definition) is 4. The van der Waals surface area contributed by atoms with Crippen LogP contribution in [0.1, 0.15) is 32.8 Å². The van der Waals surface area contributed by atoms with Crippen molar-refractivity contribution < 1.29 is 17.9 Å². The highest BCUT2D eigenvalue weighted by molar-refractivity contribution is 9.08. The second-order valence-corrected chi connectivity index (χ2v) is 9.27. The van der Waals surface area contributed by atoms with Gasteiger partial charge in [-0.3, -0.25) is 0 Å². The van der Waals surface area contributed by atoms with Gasteiger partial charge in [0.15, 0.2) is 0 Å². The lowest BCUT2D eigenvalue weighted by Gasteiger charge is -2.22. The van der Waals surface area contributed by atoms with Gasteiger partial charge in [0, 0.05) is 24.5 Å². The number of alkyl carbamates (subject to hydrolysis) is 1. The molecule has 1 aliphatic heterocycles. The maximum Gasteiger partial charge on any atom is 0.407 e. The molecule has 0 saturated carbocycles. The van der Waals surface area contributed by atoms with Gasteiger partial charge in [0.05, 0.1) is 4.90 Å². The molecule has 1 saturated heterocycles. The number of amides is 1. The number of nitrogens with one attached hydrogen (secondary N) is 1. The van der Waals surface area contributed by atoms with E-state index < -0.39 is 21.7 Å². The molecule has 6 nitrogen and oxygen atoms in total. The van der Waals surface area contributed by atoms with Crippen molar-refractivity contribution in [3.8, 4) is 0 Å². The first-order chi connectivity index (χ1) is 11.1. The third kappa shape index (κ3) is 4.94. The Morgan fingerprint density at radius 2 is 2.12 bits per heavy atom. The predicted molar refractivity (Wildman–Crippen MR) is 95.6 cm³/mol. The molecular weight excluding hydrogens is 396 g/mol. The maximum absolute atomic E-state index is 12.7. The third-order valence-electron chi connectivity index (χ3n) is 3.56. The normalized spacial score (nSPS) is 19.2. The third-order valence-corrected chi connectivity index (χ3v) is 6.07. The van der Waals surface area contributed by atoms with Gasteiger partial charge in [0.2, 0.25) is 10.0 Å². The van der Waals surface area contributed by atoms with E-state index in [9.17, 15) is 13.2 Å². The van der Waals surface area contributed by atoms with E-state index in [0.29, 0.717) is 18.3 Å². The highest BCUT2D eigenvalue weighted by atomic mass is 79.9. The molecule has 0 aliphatic carbocycles. The molecule has 1 aromatic rings. The Hall–Kier alpha value is -1.12. The molecule has 1 fully saturated rings. The summed E-state index contributed by atoms with van der Waals surface area (Å²) in [5, 5.41) is 3.33. The van der Waals surface area contributed by atoms with Crippen LogP contribution in [0.25, 0.3) is 0 Å². The Morgan fingerprint density at radius 3 is 2.75 bits per heavy atom. The average Bonchev–Trinajstić information content (AvgIpc) is 2.94. The molecule has 24 heavy (non-hydrogen) atoms. The van der Waals surface area contributed by atoms with Gasteiger partial charge in [-0.2, -0.15) is 4.31 Å². The van der Waals surface area contributed by atoms with Crippen molar-refractivity contribution >= 4 is 32.0 Å². The molecule has 2 rings (SSSR count). The lowest BCUT2D eigenvalue weighted by molar-refractivity contribution is 0.0507. The zero-order chi connectivity index (χ0) is 18.0. The zero-order valence-electron chi connectivity index (χ0n) is 14.1. The van der Waals surface area contributed by atoms with Crippen LogP contribution in [-0.2, 0) is 20.1 Å². The molecule has 1 aliphatic rings. The van der Waals surface area contributed by atoms with Crippen LogP contribution in [0, 0.1) is 0 Å². The van der Waals surface area contributed by atoms with E-state index in [1.54, 1.807) is 39.0 Å². The molecule has 0 unspecified atom stereocenters. The number of hydrogen-bond donors (Lipinski definition) is 1. The molecule has 0 radical (unpaired) electrons. The number of halogens is 1. The van der Waals surface area contributed by atoms with Crippen molar-refractivity contribution in [1.82, 2.24) is 9.62 Å². The highest BCUT2D eigenvalue weighted by Gasteiger charge is 2.34. The summed E-state index contributed by atoms with van der Waals surface area (Å²) in [5.74, 6) is 0. The molecule has 1 atom stereocenters. The molecule has 1 heterocycles. The summed E-state index contributed by atoms with van der Waals surface area (Å²) in [6.07, 6.45) is 0.0457. The second kappa shape index (κ2) is 7.41. The number of carbonyl (C=O) groups excluding carboxylic acids is 1. The van der Waals surface area contributed by atoms with Crippen molar-refractivity contribution in [1.29, 1.82) is 0 Å². The monoisotopic (exact) mass is 418 g/mol. The van der Waals surface area contributed by atoms with Crippen LogP contribution in [0.4, 0.5) is 4.79 Å². The molecule has 1 aromatic carbocycles. The van der Waals surface area contributed by atoms with Gasteiger partial charge < -0.3 is 10.1 Å². The fourth-order valence-electron chi connectivity index (χ4n) is 2.48. The first-order valence-corrected chi connectivity index (χ1v) is 10.3. The molecule has 0 aromatic heterocycles. The van der Waals surface area contributed by atoms with E-state index in [1.807, 2.05) is 6.07 Å². The predicted octanol–water partition coefficient (Wildman–Crippen LogP) is 2.87. The van der Waals surface area contributed by atoms with Gasteiger partial charge in [-0.25, -0.2) is 13.2 Å². The lowest BCUT2D eigenvalue weighted by Crippen LogP contribution is -2.41. The first-order valence-electron chi connectivity index (χ1n) is 7.76. The minimum Gasteiger partial charge on any atom is -0.444 e. The number of ether oxygens (including phenoxy) is 1. The second-order valence-electron chi connectivity index (χ2n) is 6.78. The number of benzene rings is 1. The summed E-state index contributed by atoms with van der Waals surface area (Å²) < 4.78 is 32.1. The van der Waals surface area contributed by atoms with Crippen molar-refractivity contribution in [3.05, 3.63) is 29.8 Å². The Balaban J connectivity index is 2.02. The molecule has 1 N–H and O–H groups in total. The number of carbonyl (C=O) groups is 1. The van der Waals surface area contributed by atoms with Gasteiger partial charge >= 0.3 is 6.09 Å². The van der Waals surface area contributed by atoms with Crippen LogP contribution >= 0.6 is 15.9 Å². The first kappa shape index (κ1) is 19.2. The fourth-order valence-corrected chi connectivity index (χ4v) is 4.40. The van der Waals surface area contributed by atoms with Crippen LogP contribution in [0.2, 0.25) is 0 Å². The van der Waals surface area contributed by atoms with E-state index in [-0.39, 0.29) is 17.5 Å². The maximum atomic E-state index is 12.7. The van der Waals surface area contributed by atoms with Gasteiger partial charge in [-0.05, 0) is 44.9 Å². The standard InChI is InChI=1S/C16H23BrN2O4S/c1-16(2,3)23-15(20)18-13-7-8-19(11-13)24(21,22)14-6-4-5-12(9-14)10-17/h4-6,9,13H,7-8,10-11H2,1-3H3,(H,18,20)/t13-/m0/s1. The van der Waals surface area contributed by atoms with Crippen LogP contribution in [0.5, 0.6) is 0 Å². The van der Waals surface area contributed by atoms with Crippen LogP contribution in [0.15, 0.2) is 29.2 Å². The zero-order valence-corrected chi connectivity index (χ0v) is 16.5. The lowest BCUT2D eigenvalue weighted by atomic mass is 10.2. The van der Waals surface area contributed by atoms with Crippen LogP contribution in [0.3, 0.4) is 0 Å². The number of sulfonamides is 1. The summed E-state index contributed by atoms with van der Waals surface area (Å²) in [5.41, 5.74) is 0.323. The van der Waals surface area contributed by atoms with E-state index in [4.69, 9.17) is 4.74 Å². The van der Waals surface area contributed by atoms with E-state index in [0.717, 1.165) is 5.56 Å². The molecule has 1 amide bonds. The van der Waals surface area contributed by atoms with Crippen molar-refractivity contribution in [3.63, 3.8) is 0 Å². The van der Waals surface area contributed by atoms with E-state index >= 15 is 0 Å². The van der Waals surface area contributed by atoms with Gasteiger partial charge in [-0.15, -0.1) is 0 Å². The molecule has 134 valence electrons. The molecule has 0 spiro atoms. The minimum atomic E-state index is -3.55. The van der Waals surface area contributed by atoms with Crippen LogP contribution in [-0.4, -0.2) is 43.5 Å². The Morgan fingerprint density at radius 1 is 1.42 bits per heavy atom. The fraction of sp³-hybridized carbons (Fsp3) is 0.562. The topological polar surface area (TPSA) is 75.7 Å². The Labute approximate surface area is 151 Å². The number of alkyl halides is 1. The number of rotatable bonds is 4. The minimum absolute atomic E-state index is 0.242. The van der Waals surface area contributed by atoms with Gasteiger partial charge in [0.1, 0.15) is 5.60 Å². The Kier molecular flexibility index (Phi) is 5.93.